The molecule has 4 atom stereocenters. The third-order valence-corrected chi connectivity index (χ3v) is 27.3. The van der Waals surface area contributed by atoms with Gasteiger partial charge in [-0.1, -0.05) is 257 Å². The van der Waals surface area contributed by atoms with Crippen molar-refractivity contribution in [2.24, 2.45) is 70.0 Å². The van der Waals surface area contributed by atoms with E-state index in [1.807, 2.05) is 24.3 Å². The first-order valence-electron chi connectivity index (χ1n) is 41.9. The molecule has 5 nitrogen and oxygen atoms in total. The van der Waals surface area contributed by atoms with E-state index in [4.69, 9.17) is 16.3 Å². The number of nitrogens with zero attached hydrogens (tertiary/aromatic N) is 4. The third-order valence-electron chi connectivity index (χ3n) is 27.1. The summed E-state index contributed by atoms with van der Waals surface area (Å²) in [6, 6.07) is 36.8. The number of halogens is 1. The van der Waals surface area contributed by atoms with E-state index in [0.29, 0.717) is 75.3 Å². The summed E-state index contributed by atoms with van der Waals surface area (Å²) in [7, 11) is 0. The van der Waals surface area contributed by atoms with Gasteiger partial charge in [-0.05, 0) is 208 Å². The smallest absolute Gasteiger partial charge is 0.252 e. The molecule has 0 amide bonds. The van der Waals surface area contributed by atoms with E-state index in [9.17, 15) is 8.22 Å². The standard InChI is InChI=1S/C90H110BClN4O/c1-88(2,3)61-48-68(57-28-14-10-15-29-57)86(69(49-61)58-30-16-11-17-31-58)95-79-54-64(92)42-45-73(79)91-74-46-43-66(93-75-37-23-22-36-67(75)72-55-65(44-47-76(72)93)94-77-38-24-26-40-83(77)97-84-41-27-25-39-78(84)94)56-80(74)96(82-53-63(90(7,8)9)52-81(95)85(82)91)87-70(59-32-18-12-19-33-59)50-62(89(4,5)6)51-71(87)60-34-20-13-21-35-60/h22-27,36-47,52-62,68-71,86-87H,10-21,28-35,48-51H2,1-9H3/i42D,43D,45D,46D,54D,56D. The van der Waals surface area contributed by atoms with Gasteiger partial charge in [-0.15, -0.1) is 0 Å². The van der Waals surface area contributed by atoms with Gasteiger partial charge in [-0.2, -0.15) is 0 Å². The number of fused-ring (bicyclic) bond motifs is 9. The lowest BCUT2D eigenvalue weighted by Crippen LogP contribution is -2.67. The van der Waals surface area contributed by atoms with Crippen LogP contribution in [0.5, 0.6) is 11.5 Å². The fourth-order valence-corrected chi connectivity index (χ4v) is 22.2. The monoisotopic (exact) mass is 1310 g/mol. The topological polar surface area (TPSA) is 23.9 Å². The zero-order valence-corrected chi connectivity index (χ0v) is 60.6. The largest absolute Gasteiger partial charge is 0.453 e. The van der Waals surface area contributed by atoms with Gasteiger partial charge in [-0.3, -0.25) is 0 Å². The molecule has 0 spiro atoms. The maximum absolute atomic E-state index is 11.9. The number of ether oxygens (including phenoxy) is 1. The summed E-state index contributed by atoms with van der Waals surface area (Å²) in [5.74, 6) is 5.62. The Morgan fingerprint density at radius 1 is 0.433 bits per heavy atom. The molecule has 6 fully saturated rings. The summed E-state index contributed by atoms with van der Waals surface area (Å²) in [6.45, 7) is 21.3. The van der Waals surface area contributed by atoms with Gasteiger partial charge in [0, 0.05) is 62.0 Å². The SMILES string of the molecule is [2H]c1c([2H])c2c(c([2H])c1Cl)N(C1C(C3CCCCC3)CC(C(C)(C)C)CC1C1CCCCC1)c1cc(C(C)(C)C)cc3c1B2c1c([2H])c([2H])c(-n2c4ccccc4c4cc(N5c6ccccc6Oc6ccccc65)ccc42)c([2H])c1N3C1C(C2CCCCC2)CC(C(C)(C)C)CC1C1CCCCC1. The summed E-state index contributed by atoms with van der Waals surface area (Å²) in [5.41, 5.74) is 11.7. The second-order valence-corrected chi connectivity index (χ2v) is 35.9. The van der Waals surface area contributed by atoms with E-state index < -0.39 is 6.71 Å². The summed E-state index contributed by atoms with van der Waals surface area (Å²) in [4.78, 5) is 7.76. The first kappa shape index (κ1) is 57.6. The van der Waals surface area contributed by atoms with Crippen molar-refractivity contribution in [1.82, 2.24) is 4.57 Å². The van der Waals surface area contributed by atoms with Crippen molar-refractivity contribution in [2.45, 2.75) is 234 Å². The molecule has 7 aromatic carbocycles. The minimum atomic E-state index is -0.844. The molecule has 9 aliphatic rings. The molecule has 4 unspecified atom stereocenters. The zero-order valence-electron chi connectivity index (χ0n) is 65.9. The number of rotatable bonds is 8. The van der Waals surface area contributed by atoms with E-state index in [1.165, 1.54) is 134 Å². The molecule has 8 aromatic rings. The molecule has 1 aromatic heterocycles. The molecule has 0 radical (unpaired) electrons. The van der Waals surface area contributed by atoms with E-state index in [0.717, 1.165) is 92.9 Å². The summed E-state index contributed by atoms with van der Waals surface area (Å²) in [6.07, 6.45) is 28.7. The second kappa shape index (κ2) is 25.2. The van der Waals surface area contributed by atoms with Gasteiger partial charge in [0.15, 0.2) is 11.5 Å². The van der Waals surface area contributed by atoms with Gasteiger partial charge < -0.3 is 24.0 Å². The average Bonchev–Trinajstić information content (AvgIpc) is 0.895. The van der Waals surface area contributed by atoms with Gasteiger partial charge in [0.2, 0.25) is 0 Å². The lowest BCUT2D eigenvalue weighted by Gasteiger charge is -2.59. The molecule has 97 heavy (non-hydrogen) atoms. The Hall–Kier alpha value is -6.11. The predicted molar refractivity (Wildman–Crippen MR) is 413 cm³/mol. The molecule has 17 rings (SSSR count). The fourth-order valence-electron chi connectivity index (χ4n) is 22.1. The van der Waals surface area contributed by atoms with E-state index >= 15 is 0 Å². The summed E-state index contributed by atoms with van der Waals surface area (Å²) >= 11 is 7.61. The van der Waals surface area contributed by atoms with Crippen molar-refractivity contribution in [3.63, 3.8) is 0 Å². The van der Waals surface area contributed by atoms with E-state index in [2.05, 4.69) is 160 Å². The summed E-state index contributed by atoms with van der Waals surface area (Å²) in [5, 5.41) is 1.98. The van der Waals surface area contributed by atoms with Crippen LogP contribution in [0.2, 0.25) is 5.02 Å². The van der Waals surface area contributed by atoms with Crippen LogP contribution in [-0.4, -0.2) is 23.4 Å². The molecule has 0 saturated heterocycles. The highest BCUT2D eigenvalue weighted by molar-refractivity contribution is 7.00. The van der Waals surface area contributed by atoms with Crippen molar-refractivity contribution in [1.29, 1.82) is 0 Å². The minimum Gasteiger partial charge on any atom is -0.453 e. The van der Waals surface area contributed by atoms with Gasteiger partial charge in [0.25, 0.3) is 6.71 Å². The number of hydrogen-bond donors (Lipinski definition) is 0. The Labute approximate surface area is 596 Å². The van der Waals surface area contributed by atoms with Crippen molar-refractivity contribution in [3.8, 4) is 17.2 Å². The highest BCUT2D eigenvalue weighted by Crippen LogP contribution is 2.60. The highest BCUT2D eigenvalue weighted by atomic mass is 35.5. The fraction of sp³-hybridized carbons (Fsp3) is 0.533. The molecule has 0 bridgehead atoms. The number of hydrogen-bond acceptors (Lipinski definition) is 4. The molecule has 506 valence electrons. The van der Waals surface area contributed by atoms with Crippen LogP contribution in [0.25, 0.3) is 27.5 Å². The van der Waals surface area contributed by atoms with Crippen molar-refractivity contribution >= 4 is 96.3 Å². The molecular weight excluding hydrogens is 1200 g/mol. The Kier molecular flexibility index (Phi) is 15.0. The van der Waals surface area contributed by atoms with E-state index in [1.54, 1.807) is 0 Å². The first-order valence-corrected chi connectivity index (χ1v) is 39.2. The van der Waals surface area contributed by atoms with E-state index in [-0.39, 0.29) is 81.4 Å². The maximum atomic E-state index is 11.9. The van der Waals surface area contributed by atoms with Crippen molar-refractivity contribution in [2.75, 3.05) is 14.7 Å². The number of para-hydroxylation sites is 5. The molecule has 6 aliphatic carbocycles. The number of anilines is 7. The Morgan fingerprint density at radius 2 is 0.866 bits per heavy atom. The normalized spacial score (nSPS) is 27.0. The number of aromatic nitrogens is 1. The van der Waals surface area contributed by atoms with Crippen LogP contribution in [0.4, 0.5) is 39.8 Å². The van der Waals surface area contributed by atoms with Crippen molar-refractivity contribution < 1.29 is 13.0 Å². The molecule has 7 heteroatoms. The van der Waals surface area contributed by atoms with Gasteiger partial charge >= 0.3 is 0 Å². The quantitative estimate of drug-likeness (QED) is 0.142. The lowest BCUT2D eigenvalue weighted by molar-refractivity contribution is 0.0144. The van der Waals surface area contributed by atoms with Crippen molar-refractivity contribution in [3.05, 3.63) is 150 Å². The molecule has 4 heterocycles. The Morgan fingerprint density at radius 3 is 1.34 bits per heavy atom. The van der Waals surface area contributed by atoms with Crippen LogP contribution in [0.1, 0.15) is 230 Å². The van der Waals surface area contributed by atoms with Gasteiger partial charge in [0.1, 0.15) is 0 Å². The molecular formula is C90H110BClN4O. The second-order valence-electron chi connectivity index (χ2n) is 35.5. The molecule has 3 aliphatic heterocycles. The minimum absolute atomic E-state index is 0.00446. The van der Waals surface area contributed by atoms with Crippen LogP contribution in [0, 0.1) is 70.0 Å². The third kappa shape index (κ3) is 11.3. The predicted octanol–water partition coefficient (Wildman–Crippen LogP) is 24.2. The van der Waals surface area contributed by atoms with Crippen LogP contribution in [0.15, 0.2) is 139 Å². The molecule has 0 N–H and O–H groups in total. The van der Waals surface area contributed by atoms with Gasteiger partial charge in [0.05, 0.1) is 30.6 Å². The zero-order chi connectivity index (χ0) is 71.4. The molecule has 6 saturated carbocycles. The lowest BCUT2D eigenvalue weighted by atomic mass is 9.33. The van der Waals surface area contributed by atoms with Crippen LogP contribution < -0.4 is 35.8 Å². The Bertz CT molecular complexity index is 4500. The highest BCUT2D eigenvalue weighted by Gasteiger charge is 2.56. The van der Waals surface area contributed by atoms with Crippen LogP contribution in [-0.2, 0) is 5.41 Å². The average molecular weight is 1320 g/mol. The summed E-state index contributed by atoms with van der Waals surface area (Å²) < 4.78 is 74.9. The first-order chi connectivity index (χ1) is 49.5. The van der Waals surface area contributed by atoms with Crippen LogP contribution in [0.3, 0.4) is 0 Å². The van der Waals surface area contributed by atoms with Crippen LogP contribution >= 0.6 is 11.6 Å². The number of benzene rings is 7. The Balaban J connectivity index is 0.988. The van der Waals surface area contributed by atoms with Gasteiger partial charge in [-0.25, -0.2) is 0 Å². The maximum Gasteiger partial charge on any atom is 0.252 e.